The Morgan fingerprint density at radius 2 is 2.09 bits per heavy atom. The van der Waals surface area contributed by atoms with E-state index in [1.54, 1.807) is 0 Å². The Hall–Kier alpha value is -1.31. The Kier molecular flexibility index (Phi) is 1.39. The molecule has 1 aromatic carbocycles. The molecule has 11 heavy (non-hydrogen) atoms. The summed E-state index contributed by atoms with van der Waals surface area (Å²) in [6.07, 6.45) is 1.50. The number of rotatable bonds is 0. The van der Waals surface area contributed by atoms with Crippen LogP contribution in [-0.2, 0) is 11.2 Å². The maximum Gasteiger partial charge on any atom is 0.224 e. The van der Waals surface area contributed by atoms with E-state index < -0.39 is 0 Å². The zero-order chi connectivity index (χ0) is 7.68. The molecule has 0 atom stereocenters. The summed E-state index contributed by atoms with van der Waals surface area (Å²) in [4.78, 5) is 10.9. The fraction of sp³-hybridized carbons (Fsp3) is 0.222. The number of nitrogens with one attached hydrogen (secondary N) is 1. The van der Waals surface area contributed by atoms with Gasteiger partial charge in [-0.05, 0) is 18.1 Å². The lowest BCUT2D eigenvalue weighted by Gasteiger charge is -2.15. The highest BCUT2D eigenvalue weighted by atomic mass is 16.1. The van der Waals surface area contributed by atoms with Crippen molar-refractivity contribution >= 4 is 11.6 Å². The van der Waals surface area contributed by atoms with Crippen LogP contribution in [0.1, 0.15) is 13.4 Å². The molecule has 1 amide bonds. The van der Waals surface area contributed by atoms with Gasteiger partial charge in [0.15, 0.2) is 0 Å². The minimum Gasteiger partial charge on any atom is -0.326 e. The number of carbonyl (C=O) groups is 1. The van der Waals surface area contributed by atoms with E-state index in [-0.39, 0.29) is 7.33 Å². The fourth-order valence-electron chi connectivity index (χ4n) is 1.32. The lowest BCUT2D eigenvalue weighted by atomic mass is 10.0. The average Bonchev–Trinajstić information content (AvgIpc) is 2.04. The number of carbonyl (C=O) groups excluding carboxylic acids is 1. The van der Waals surface area contributed by atoms with Gasteiger partial charge in [0.2, 0.25) is 5.91 Å². The lowest BCUT2D eigenvalue weighted by molar-refractivity contribution is -0.116. The van der Waals surface area contributed by atoms with Crippen molar-refractivity contribution in [3.63, 3.8) is 0 Å². The maximum atomic E-state index is 10.9. The van der Waals surface area contributed by atoms with Crippen molar-refractivity contribution in [3.8, 4) is 0 Å². The maximum absolute atomic E-state index is 10.9. The summed E-state index contributed by atoms with van der Waals surface area (Å²) in [5.41, 5.74) is 2.22. The van der Waals surface area contributed by atoms with Gasteiger partial charge in [-0.3, -0.25) is 4.79 Å². The van der Waals surface area contributed by atoms with Gasteiger partial charge in [0.1, 0.15) is 0 Å². The summed E-state index contributed by atoms with van der Waals surface area (Å²) in [5.74, 6) is 0.128. The number of fused-ring (bicyclic) bond motifs is 1. The lowest BCUT2D eigenvalue weighted by Crippen LogP contribution is -2.18. The van der Waals surface area contributed by atoms with Crippen LogP contribution >= 0.6 is 0 Å². The molecule has 1 aliphatic heterocycles. The number of amides is 1. The predicted octanol–water partition coefficient (Wildman–Crippen LogP) is 1.82. The average molecular weight is 149 g/mol. The van der Waals surface area contributed by atoms with E-state index in [1.807, 2.05) is 18.2 Å². The highest BCUT2D eigenvalue weighted by Crippen LogP contribution is 2.20. The molecule has 1 aliphatic rings. The molecule has 2 heteroatoms. The number of anilines is 1. The number of benzene rings is 1. The van der Waals surface area contributed by atoms with E-state index in [2.05, 4.69) is 11.4 Å². The van der Waals surface area contributed by atoms with E-state index in [0.717, 1.165) is 12.1 Å². The molecule has 0 radical (unpaired) electrons. The highest BCUT2D eigenvalue weighted by Gasteiger charge is 2.12. The van der Waals surface area contributed by atoms with E-state index >= 15 is 0 Å². The van der Waals surface area contributed by atoms with Gasteiger partial charge in [-0.2, -0.15) is 0 Å². The monoisotopic (exact) mass is 149 g/mol. The van der Waals surface area contributed by atoms with Crippen molar-refractivity contribution in [1.29, 1.82) is 0 Å². The van der Waals surface area contributed by atoms with Gasteiger partial charge in [-0.25, -0.2) is 0 Å². The Bertz CT molecular complexity index is 298. The number of para-hydroxylation sites is 1. The van der Waals surface area contributed by atoms with E-state index in [4.69, 9.17) is 0 Å². The second kappa shape index (κ2) is 2.38. The summed E-state index contributed by atoms with van der Waals surface area (Å²) in [7, 11) is 0. The Balaban J connectivity index is 0.000000720. The number of hydrogen-bond acceptors (Lipinski definition) is 1. The zero-order valence-corrected chi connectivity index (χ0v) is 6.13. The van der Waals surface area contributed by atoms with E-state index in [9.17, 15) is 4.79 Å². The van der Waals surface area contributed by atoms with E-state index in [1.165, 1.54) is 5.56 Å². The molecule has 0 unspecified atom stereocenters. The summed E-state index contributed by atoms with van der Waals surface area (Å²) >= 11 is 0. The molecule has 0 saturated carbocycles. The second-order valence-corrected chi connectivity index (χ2v) is 2.71. The molecule has 0 spiro atoms. The van der Waals surface area contributed by atoms with Crippen LogP contribution in [0.4, 0.5) is 5.69 Å². The van der Waals surface area contributed by atoms with Crippen LogP contribution in [0.15, 0.2) is 24.3 Å². The van der Waals surface area contributed by atoms with Gasteiger partial charge < -0.3 is 5.32 Å². The molecule has 1 aromatic rings. The van der Waals surface area contributed by atoms with Gasteiger partial charge in [0, 0.05) is 13.5 Å². The molecule has 1 heterocycles. The highest BCUT2D eigenvalue weighted by molar-refractivity contribution is 5.93. The van der Waals surface area contributed by atoms with Crippen LogP contribution in [0.3, 0.4) is 0 Å². The molecular weight excluding hydrogens is 138 g/mol. The zero-order valence-electron chi connectivity index (χ0n) is 6.13. The van der Waals surface area contributed by atoms with Crippen LogP contribution in [0, 0.1) is 0 Å². The number of hydrogen-bond donors (Lipinski definition) is 1. The molecule has 1 N–H and O–H groups in total. The van der Waals surface area contributed by atoms with Crippen LogP contribution < -0.4 is 5.32 Å². The predicted molar refractivity (Wildman–Crippen MR) is 45.5 cm³/mol. The van der Waals surface area contributed by atoms with Crippen molar-refractivity contribution in [3.05, 3.63) is 29.8 Å². The molecule has 0 aromatic heterocycles. The first-order valence-electron chi connectivity index (χ1n) is 3.74. The van der Waals surface area contributed by atoms with E-state index in [0.29, 0.717) is 6.42 Å². The molecule has 0 fully saturated rings. The third kappa shape index (κ3) is 1.11. The molecule has 2 rings (SSSR count). The SMILES string of the molecule is O=C1CCc2ccccc2N1.[HH]. The molecule has 0 bridgehead atoms. The van der Waals surface area contributed by atoms with Crippen molar-refractivity contribution in [1.82, 2.24) is 0 Å². The summed E-state index contributed by atoms with van der Waals surface area (Å²) in [5, 5.41) is 2.82. The quantitative estimate of drug-likeness (QED) is 0.599. The number of aryl methyl sites for hydroxylation is 1. The standard InChI is InChI=1S/C9H9NO.H2/c11-9-6-5-7-3-1-2-4-8(7)10-9;/h1-4H,5-6H2,(H,10,11);1H. The van der Waals surface area contributed by atoms with Crippen molar-refractivity contribution in [2.45, 2.75) is 12.8 Å². The first-order valence-corrected chi connectivity index (χ1v) is 3.74. The minimum absolute atomic E-state index is 0. The molecular formula is C9H11NO. The molecule has 0 aliphatic carbocycles. The van der Waals surface area contributed by atoms with Crippen LogP contribution in [0.2, 0.25) is 0 Å². The van der Waals surface area contributed by atoms with Crippen LogP contribution in [0.5, 0.6) is 0 Å². The topological polar surface area (TPSA) is 29.1 Å². The van der Waals surface area contributed by atoms with Crippen molar-refractivity contribution < 1.29 is 6.22 Å². The Labute approximate surface area is 66.7 Å². The second-order valence-electron chi connectivity index (χ2n) is 2.71. The van der Waals surface area contributed by atoms with Gasteiger partial charge >= 0.3 is 0 Å². The first-order chi connectivity index (χ1) is 5.36. The third-order valence-corrected chi connectivity index (χ3v) is 1.91. The van der Waals surface area contributed by atoms with Gasteiger partial charge in [-0.15, -0.1) is 0 Å². The summed E-state index contributed by atoms with van der Waals surface area (Å²) in [6, 6.07) is 7.92. The van der Waals surface area contributed by atoms with Gasteiger partial charge in [0.05, 0.1) is 0 Å². The van der Waals surface area contributed by atoms with Gasteiger partial charge in [0.25, 0.3) is 0 Å². The first kappa shape index (κ1) is 6.40. The van der Waals surface area contributed by atoms with Crippen LogP contribution in [-0.4, -0.2) is 5.91 Å². The van der Waals surface area contributed by atoms with Crippen molar-refractivity contribution in [2.24, 2.45) is 0 Å². The fourth-order valence-corrected chi connectivity index (χ4v) is 1.32. The smallest absolute Gasteiger partial charge is 0.224 e. The van der Waals surface area contributed by atoms with Gasteiger partial charge in [-0.1, -0.05) is 18.2 Å². The minimum atomic E-state index is 0. The van der Waals surface area contributed by atoms with Crippen molar-refractivity contribution in [2.75, 3.05) is 5.32 Å². The third-order valence-electron chi connectivity index (χ3n) is 1.91. The van der Waals surface area contributed by atoms with Crippen LogP contribution in [0.25, 0.3) is 0 Å². The summed E-state index contributed by atoms with van der Waals surface area (Å²) < 4.78 is 0. The Morgan fingerprint density at radius 3 is 3.00 bits per heavy atom. The summed E-state index contributed by atoms with van der Waals surface area (Å²) in [6.45, 7) is 0. The Morgan fingerprint density at radius 1 is 1.27 bits per heavy atom. The largest absolute Gasteiger partial charge is 0.326 e. The molecule has 58 valence electrons. The molecule has 2 nitrogen and oxygen atoms in total. The normalized spacial score (nSPS) is 15.5. The molecule has 0 saturated heterocycles.